The molecule has 0 spiro atoms. The number of rotatable bonds is 4. The first-order chi connectivity index (χ1) is 9.99. The number of hydrogen-bond acceptors (Lipinski definition) is 5. The zero-order valence-electron chi connectivity index (χ0n) is 11.4. The van der Waals surface area contributed by atoms with Crippen LogP contribution in [0.25, 0.3) is 0 Å². The van der Waals surface area contributed by atoms with Crippen LogP contribution in [0, 0.1) is 0 Å². The zero-order chi connectivity index (χ0) is 15.6. The van der Waals surface area contributed by atoms with Crippen LogP contribution in [0.4, 0.5) is 5.69 Å². The average molecular weight is 420 g/mol. The maximum Gasteiger partial charge on any atom is 0.326 e. The predicted molar refractivity (Wildman–Crippen MR) is 84.4 cm³/mol. The van der Waals surface area contributed by atoms with E-state index in [1.54, 1.807) is 19.1 Å². The fourth-order valence-electron chi connectivity index (χ4n) is 2.03. The van der Waals surface area contributed by atoms with E-state index in [4.69, 9.17) is 9.57 Å². The third-order valence-electron chi connectivity index (χ3n) is 2.78. The highest BCUT2D eigenvalue weighted by Gasteiger charge is 2.38. The summed E-state index contributed by atoms with van der Waals surface area (Å²) in [6, 6.07) is 3.54. The Balaban J connectivity index is 2.49. The van der Waals surface area contributed by atoms with E-state index in [0.29, 0.717) is 15.7 Å². The van der Waals surface area contributed by atoms with E-state index in [2.05, 4.69) is 37.0 Å². The minimum absolute atomic E-state index is 0.152. The minimum Gasteiger partial charge on any atom is -0.465 e. The number of anilines is 1. The largest absolute Gasteiger partial charge is 0.465 e. The van der Waals surface area contributed by atoms with Crippen LogP contribution in [0.3, 0.4) is 0 Å². The van der Waals surface area contributed by atoms with Crippen molar-refractivity contribution < 1.29 is 19.2 Å². The third kappa shape index (κ3) is 3.11. The fourth-order valence-corrected chi connectivity index (χ4v) is 3.47. The molecule has 1 aliphatic rings. The van der Waals surface area contributed by atoms with Gasteiger partial charge < -0.3 is 9.57 Å². The molecule has 2 rings (SSSR count). The van der Waals surface area contributed by atoms with Gasteiger partial charge in [-0.05, 0) is 35.0 Å². The molecular weight excluding hydrogens is 408 g/mol. The Morgan fingerprint density at radius 2 is 2.10 bits per heavy atom. The molecule has 0 bridgehead atoms. The third-order valence-corrected chi connectivity index (χ3v) is 3.84. The van der Waals surface area contributed by atoms with Crippen molar-refractivity contribution in [2.75, 3.05) is 25.2 Å². The van der Waals surface area contributed by atoms with Gasteiger partial charge in [0, 0.05) is 14.5 Å². The number of halogens is 2. The lowest BCUT2D eigenvalue weighted by Gasteiger charge is -2.17. The molecule has 0 N–H and O–H groups in total. The Kier molecular flexibility index (Phi) is 5.00. The number of amides is 1. The molecule has 0 saturated carbocycles. The quantitative estimate of drug-likeness (QED) is 0.555. The first-order valence-electron chi connectivity index (χ1n) is 6.07. The van der Waals surface area contributed by atoms with E-state index in [9.17, 15) is 9.59 Å². The van der Waals surface area contributed by atoms with Crippen LogP contribution >= 0.6 is 31.9 Å². The van der Waals surface area contributed by atoms with Crippen molar-refractivity contribution in [2.45, 2.75) is 6.92 Å². The molecule has 1 aliphatic heterocycles. The van der Waals surface area contributed by atoms with Crippen molar-refractivity contribution >= 4 is 55.1 Å². The molecule has 0 aliphatic carbocycles. The Morgan fingerprint density at radius 1 is 1.38 bits per heavy atom. The van der Waals surface area contributed by atoms with Crippen LogP contribution < -0.4 is 4.90 Å². The van der Waals surface area contributed by atoms with Crippen molar-refractivity contribution in [1.82, 2.24) is 0 Å². The molecule has 1 amide bonds. The number of oxime groups is 1. The van der Waals surface area contributed by atoms with Gasteiger partial charge in [-0.2, -0.15) is 0 Å². The van der Waals surface area contributed by atoms with Gasteiger partial charge in [0.05, 0.1) is 12.3 Å². The van der Waals surface area contributed by atoms with Crippen LogP contribution in [0.2, 0.25) is 0 Å². The zero-order valence-corrected chi connectivity index (χ0v) is 14.5. The van der Waals surface area contributed by atoms with E-state index >= 15 is 0 Å². The number of ether oxygens (including phenoxy) is 1. The van der Waals surface area contributed by atoms with Crippen molar-refractivity contribution in [3.8, 4) is 0 Å². The summed E-state index contributed by atoms with van der Waals surface area (Å²) < 4.78 is 6.35. The summed E-state index contributed by atoms with van der Waals surface area (Å²) in [5.74, 6) is -0.885. The lowest BCUT2D eigenvalue weighted by Crippen LogP contribution is -2.36. The molecule has 0 radical (unpaired) electrons. The topological polar surface area (TPSA) is 68.2 Å². The summed E-state index contributed by atoms with van der Waals surface area (Å²) in [7, 11) is 1.36. The number of carbonyl (C=O) groups is 2. The van der Waals surface area contributed by atoms with Crippen molar-refractivity contribution in [3.63, 3.8) is 0 Å². The molecule has 0 atom stereocenters. The lowest BCUT2D eigenvalue weighted by molar-refractivity contribution is -0.142. The monoisotopic (exact) mass is 418 g/mol. The standard InChI is InChI=1S/C13H12Br2N2O4/c1-3-21-10(18)6-17-12-8(4-7(14)5-9(12)15)11(13(17)19)16-20-2/h4-5H,3,6H2,1-2H3/b16-11+. The van der Waals surface area contributed by atoms with Crippen LogP contribution in [0.1, 0.15) is 12.5 Å². The minimum atomic E-state index is -0.481. The number of nitrogens with zero attached hydrogens (tertiary/aromatic N) is 2. The number of carbonyl (C=O) groups excluding carboxylic acids is 2. The lowest BCUT2D eigenvalue weighted by atomic mass is 10.1. The molecule has 0 saturated heterocycles. The smallest absolute Gasteiger partial charge is 0.326 e. The van der Waals surface area contributed by atoms with Gasteiger partial charge >= 0.3 is 5.97 Å². The van der Waals surface area contributed by atoms with E-state index < -0.39 is 11.9 Å². The van der Waals surface area contributed by atoms with Gasteiger partial charge in [-0.1, -0.05) is 21.1 Å². The second kappa shape index (κ2) is 6.57. The van der Waals surface area contributed by atoms with Crippen molar-refractivity contribution in [3.05, 3.63) is 26.6 Å². The summed E-state index contributed by atoms with van der Waals surface area (Å²) in [6.45, 7) is 1.79. The normalized spacial score (nSPS) is 15.3. The highest BCUT2D eigenvalue weighted by Crippen LogP contribution is 2.38. The molecule has 0 fully saturated rings. The molecule has 21 heavy (non-hydrogen) atoms. The van der Waals surface area contributed by atoms with Gasteiger partial charge in [-0.15, -0.1) is 0 Å². The van der Waals surface area contributed by atoms with Crippen molar-refractivity contribution in [2.24, 2.45) is 5.16 Å². The molecule has 112 valence electrons. The van der Waals surface area contributed by atoms with E-state index in [0.717, 1.165) is 4.47 Å². The Labute approximate surface area is 138 Å². The first kappa shape index (κ1) is 16.0. The molecule has 1 heterocycles. The highest BCUT2D eigenvalue weighted by molar-refractivity contribution is 9.11. The maximum atomic E-state index is 12.4. The maximum absolute atomic E-state index is 12.4. The van der Waals surface area contributed by atoms with Crippen LogP contribution in [-0.2, 0) is 19.2 Å². The Hall–Kier alpha value is -1.41. The molecule has 6 nitrogen and oxygen atoms in total. The number of esters is 1. The van der Waals surface area contributed by atoms with E-state index in [1.807, 2.05) is 0 Å². The Morgan fingerprint density at radius 3 is 2.71 bits per heavy atom. The predicted octanol–water partition coefficient (Wildman–Crippen LogP) is 2.47. The molecule has 0 unspecified atom stereocenters. The Bertz CT molecular complexity index is 631. The van der Waals surface area contributed by atoms with Gasteiger partial charge in [0.1, 0.15) is 13.7 Å². The average Bonchev–Trinajstić information content (AvgIpc) is 2.65. The number of hydrogen-bond donors (Lipinski definition) is 0. The summed E-state index contributed by atoms with van der Waals surface area (Å²) in [5, 5.41) is 3.76. The van der Waals surface area contributed by atoms with Crippen LogP contribution in [0.15, 0.2) is 26.2 Å². The number of benzene rings is 1. The van der Waals surface area contributed by atoms with Gasteiger partial charge in [0.25, 0.3) is 5.91 Å². The summed E-state index contributed by atoms with van der Waals surface area (Å²) in [4.78, 5) is 30.2. The summed E-state index contributed by atoms with van der Waals surface area (Å²) in [6.07, 6.45) is 0. The molecular formula is C13H12Br2N2O4. The highest BCUT2D eigenvalue weighted by atomic mass is 79.9. The van der Waals surface area contributed by atoms with E-state index in [1.165, 1.54) is 12.0 Å². The van der Waals surface area contributed by atoms with Gasteiger partial charge in [-0.3, -0.25) is 14.5 Å². The first-order valence-corrected chi connectivity index (χ1v) is 7.66. The van der Waals surface area contributed by atoms with Gasteiger partial charge in [-0.25, -0.2) is 0 Å². The molecule has 8 heteroatoms. The van der Waals surface area contributed by atoms with Crippen molar-refractivity contribution in [1.29, 1.82) is 0 Å². The van der Waals surface area contributed by atoms with Gasteiger partial charge in [0.2, 0.25) is 0 Å². The summed E-state index contributed by atoms with van der Waals surface area (Å²) >= 11 is 6.76. The van der Waals surface area contributed by atoms with Crippen LogP contribution in [0.5, 0.6) is 0 Å². The molecule has 0 aromatic heterocycles. The molecule has 1 aromatic carbocycles. The number of fused-ring (bicyclic) bond motifs is 1. The molecule has 1 aromatic rings. The summed E-state index contributed by atoms with van der Waals surface area (Å²) in [5.41, 5.74) is 1.32. The van der Waals surface area contributed by atoms with Crippen LogP contribution in [-0.4, -0.2) is 37.8 Å². The van der Waals surface area contributed by atoms with Gasteiger partial charge in [0.15, 0.2) is 5.71 Å². The van der Waals surface area contributed by atoms with E-state index in [-0.39, 0.29) is 18.9 Å². The second-order valence-corrected chi connectivity index (χ2v) is 5.87. The SMILES string of the molecule is CCOC(=O)CN1C(=O)/C(=N/OC)c2cc(Br)cc(Br)c21. The fraction of sp³-hybridized carbons (Fsp3) is 0.308. The second-order valence-electron chi connectivity index (χ2n) is 4.10.